The van der Waals surface area contributed by atoms with Crippen LogP contribution in [-0.4, -0.2) is 23.0 Å². The Morgan fingerprint density at radius 1 is 1.38 bits per heavy atom. The SMILES string of the molecule is CC(N)CCC(=O)Nc1ccc(C(F)(F)F)cc1C(=O)O. The molecule has 0 radical (unpaired) electrons. The number of nitrogens with one attached hydrogen (secondary N) is 1. The van der Waals surface area contributed by atoms with Gasteiger partial charge in [0.05, 0.1) is 16.8 Å². The molecule has 8 heteroatoms. The van der Waals surface area contributed by atoms with Gasteiger partial charge in [0.25, 0.3) is 0 Å². The van der Waals surface area contributed by atoms with Gasteiger partial charge in [-0.05, 0) is 31.5 Å². The van der Waals surface area contributed by atoms with Gasteiger partial charge in [-0.1, -0.05) is 0 Å². The highest BCUT2D eigenvalue weighted by Gasteiger charge is 2.32. The van der Waals surface area contributed by atoms with Crippen molar-refractivity contribution in [3.63, 3.8) is 0 Å². The van der Waals surface area contributed by atoms with E-state index in [4.69, 9.17) is 10.8 Å². The van der Waals surface area contributed by atoms with Crippen molar-refractivity contribution < 1.29 is 27.9 Å². The van der Waals surface area contributed by atoms with E-state index in [-0.39, 0.29) is 18.2 Å². The van der Waals surface area contributed by atoms with Gasteiger partial charge in [0.15, 0.2) is 0 Å². The minimum atomic E-state index is -4.65. The molecule has 1 atom stereocenters. The van der Waals surface area contributed by atoms with Crippen LogP contribution in [0.2, 0.25) is 0 Å². The summed E-state index contributed by atoms with van der Waals surface area (Å²) in [7, 11) is 0. The second-order valence-electron chi connectivity index (χ2n) is 4.63. The Hall–Kier alpha value is -2.09. The molecule has 5 nitrogen and oxygen atoms in total. The number of carboxylic acid groups (broad SMARTS) is 1. The van der Waals surface area contributed by atoms with Crippen LogP contribution in [-0.2, 0) is 11.0 Å². The first-order valence-corrected chi connectivity index (χ1v) is 6.11. The number of hydrogen-bond acceptors (Lipinski definition) is 3. The van der Waals surface area contributed by atoms with Crippen molar-refractivity contribution in [3.8, 4) is 0 Å². The van der Waals surface area contributed by atoms with Gasteiger partial charge >= 0.3 is 12.1 Å². The van der Waals surface area contributed by atoms with Gasteiger partial charge in [0, 0.05) is 12.5 Å². The number of halogens is 3. The quantitative estimate of drug-likeness (QED) is 0.779. The molecule has 0 aliphatic heterocycles. The normalized spacial score (nSPS) is 12.8. The summed E-state index contributed by atoms with van der Waals surface area (Å²) in [5.41, 5.74) is 3.60. The van der Waals surface area contributed by atoms with E-state index in [0.29, 0.717) is 18.6 Å². The third kappa shape index (κ3) is 5.07. The maximum atomic E-state index is 12.5. The minimum Gasteiger partial charge on any atom is -0.478 e. The van der Waals surface area contributed by atoms with Gasteiger partial charge in [0.1, 0.15) is 0 Å². The van der Waals surface area contributed by atoms with Crippen molar-refractivity contribution in [1.29, 1.82) is 0 Å². The molecule has 0 heterocycles. The molecule has 1 rings (SSSR count). The number of benzene rings is 1. The number of carbonyl (C=O) groups is 2. The van der Waals surface area contributed by atoms with Crippen molar-refractivity contribution in [2.75, 3.05) is 5.32 Å². The first kappa shape index (κ1) is 17.0. The Morgan fingerprint density at radius 2 is 2.00 bits per heavy atom. The lowest BCUT2D eigenvalue weighted by molar-refractivity contribution is -0.137. The molecule has 1 amide bonds. The van der Waals surface area contributed by atoms with Crippen LogP contribution in [0.25, 0.3) is 0 Å². The van der Waals surface area contributed by atoms with Crippen LogP contribution in [0.15, 0.2) is 18.2 Å². The fourth-order valence-electron chi connectivity index (χ4n) is 1.58. The van der Waals surface area contributed by atoms with E-state index in [1.807, 2.05) is 0 Å². The Morgan fingerprint density at radius 3 is 2.48 bits per heavy atom. The summed E-state index contributed by atoms with van der Waals surface area (Å²) in [4.78, 5) is 22.6. The summed E-state index contributed by atoms with van der Waals surface area (Å²) < 4.78 is 37.6. The summed E-state index contributed by atoms with van der Waals surface area (Å²) in [5.74, 6) is -2.06. The topological polar surface area (TPSA) is 92.4 Å². The first-order valence-electron chi connectivity index (χ1n) is 6.11. The molecule has 0 bridgehead atoms. The number of carbonyl (C=O) groups excluding carboxylic acids is 1. The average Bonchev–Trinajstić information content (AvgIpc) is 2.35. The van der Waals surface area contributed by atoms with E-state index in [1.54, 1.807) is 6.92 Å². The van der Waals surface area contributed by atoms with Crippen molar-refractivity contribution >= 4 is 17.6 Å². The van der Waals surface area contributed by atoms with Crippen LogP contribution >= 0.6 is 0 Å². The highest BCUT2D eigenvalue weighted by molar-refractivity contribution is 6.00. The van der Waals surface area contributed by atoms with E-state index in [0.717, 1.165) is 6.07 Å². The fraction of sp³-hybridized carbons (Fsp3) is 0.385. The molecule has 1 aromatic carbocycles. The largest absolute Gasteiger partial charge is 0.478 e. The van der Waals surface area contributed by atoms with Crippen LogP contribution in [0.1, 0.15) is 35.7 Å². The number of anilines is 1. The Bertz CT molecular complexity index is 542. The zero-order valence-corrected chi connectivity index (χ0v) is 11.2. The molecule has 0 saturated heterocycles. The highest BCUT2D eigenvalue weighted by Crippen LogP contribution is 2.32. The number of hydrogen-bond donors (Lipinski definition) is 3. The Kier molecular flexibility index (Phi) is 5.31. The molecule has 0 aromatic heterocycles. The predicted molar refractivity (Wildman–Crippen MR) is 69.9 cm³/mol. The van der Waals surface area contributed by atoms with Gasteiger partial charge in [-0.2, -0.15) is 13.2 Å². The summed E-state index contributed by atoms with van der Waals surface area (Å²) >= 11 is 0. The van der Waals surface area contributed by atoms with Crippen LogP contribution in [0.3, 0.4) is 0 Å². The van der Waals surface area contributed by atoms with Gasteiger partial charge in [-0.15, -0.1) is 0 Å². The number of aromatic carboxylic acids is 1. The van der Waals surface area contributed by atoms with Crippen molar-refractivity contribution in [1.82, 2.24) is 0 Å². The molecule has 0 saturated carbocycles. The first-order chi connectivity index (χ1) is 9.61. The number of alkyl halides is 3. The van der Waals surface area contributed by atoms with Gasteiger partial charge in [-0.25, -0.2) is 4.79 Å². The zero-order chi connectivity index (χ0) is 16.2. The molecule has 116 valence electrons. The molecule has 4 N–H and O–H groups in total. The molecule has 1 unspecified atom stereocenters. The number of nitrogens with two attached hydrogens (primary N) is 1. The zero-order valence-electron chi connectivity index (χ0n) is 11.2. The molecule has 1 aromatic rings. The molecule has 0 aliphatic rings. The summed E-state index contributed by atoms with van der Waals surface area (Å²) in [6, 6.07) is 1.93. The summed E-state index contributed by atoms with van der Waals surface area (Å²) in [5, 5.41) is 11.2. The van der Waals surface area contributed by atoms with Crippen LogP contribution < -0.4 is 11.1 Å². The molecule has 0 fully saturated rings. The van der Waals surface area contributed by atoms with Crippen molar-refractivity contribution in [2.45, 2.75) is 32.0 Å². The maximum Gasteiger partial charge on any atom is 0.416 e. The molecule has 0 aliphatic carbocycles. The lowest BCUT2D eigenvalue weighted by atomic mass is 10.1. The lowest BCUT2D eigenvalue weighted by Crippen LogP contribution is -2.20. The molecule has 0 spiro atoms. The maximum absolute atomic E-state index is 12.5. The third-order valence-corrected chi connectivity index (χ3v) is 2.68. The fourth-order valence-corrected chi connectivity index (χ4v) is 1.58. The summed E-state index contributed by atoms with van der Waals surface area (Å²) in [6.07, 6.45) is -4.21. The van der Waals surface area contributed by atoms with E-state index in [2.05, 4.69) is 5.32 Å². The molecule has 21 heavy (non-hydrogen) atoms. The lowest BCUT2D eigenvalue weighted by Gasteiger charge is -2.12. The van der Waals surface area contributed by atoms with Crippen molar-refractivity contribution in [2.24, 2.45) is 5.73 Å². The monoisotopic (exact) mass is 304 g/mol. The summed E-state index contributed by atoms with van der Waals surface area (Å²) in [6.45, 7) is 1.70. The van der Waals surface area contributed by atoms with Gasteiger partial charge < -0.3 is 16.2 Å². The number of carboxylic acids is 1. The van der Waals surface area contributed by atoms with Gasteiger partial charge in [-0.3, -0.25) is 4.79 Å². The Labute approximate surface area is 118 Å². The predicted octanol–water partition coefficient (Wildman–Crippen LogP) is 2.47. The smallest absolute Gasteiger partial charge is 0.416 e. The third-order valence-electron chi connectivity index (χ3n) is 2.68. The second-order valence-corrected chi connectivity index (χ2v) is 4.63. The standard InChI is InChI=1S/C13H15F3N2O3/c1-7(17)2-5-11(19)18-10-4-3-8(13(14,15)16)6-9(10)12(20)21/h3-4,6-7H,2,5,17H2,1H3,(H,18,19)(H,20,21). The Balaban J connectivity index is 2.97. The second kappa shape index (κ2) is 6.57. The average molecular weight is 304 g/mol. The van der Waals surface area contributed by atoms with E-state index >= 15 is 0 Å². The van der Waals surface area contributed by atoms with Crippen LogP contribution in [0.5, 0.6) is 0 Å². The number of amides is 1. The van der Waals surface area contributed by atoms with Gasteiger partial charge in [0.2, 0.25) is 5.91 Å². The van der Waals surface area contributed by atoms with Crippen LogP contribution in [0, 0.1) is 0 Å². The minimum absolute atomic E-state index is 0.0533. The molecular weight excluding hydrogens is 289 g/mol. The molecular formula is C13H15F3N2O3. The number of rotatable bonds is 5. The van der Waals surface area contributed by atoms with Crippen LogP contribution in [0.4, 0.5) is 18.9 Å². The van der Waals surface area contributed by atoms with Crippen molar-refractivity contribution in [3.05, 3.63) is 29.3 Å². The van der Waals surface area contributed by atoms with E-state index in [1.165, 1.54) is 0 Å². The van der Waals surface area contributed by atoms with E-state index in [9.17, 15) is 22.8 Å². The highest BCUT2D eigenvalue weighted by atomic mass is 19.4. The van der Waals surface area contributed by atoms with E-state index < -0.39 is 29.2 Å².